The van der Waals surface area contributed by atoms with Crippen LogP contribution in [0.25, 0.3) is 6.08 Å². The van der Waals surface area contributed by atoms with Crippen molar-refractivity contribution in [3.05, 3.63) is 111 Å². The van der Waals surface area contributed by atoms with Gasteiger partial charge in [0.05, 0.1) is 11.8 Å². The Morgan fingerprint density at radius 1 is 0.939 bits per heavy atom. The van der Waals surface area contributed by atoms with Gasteiger partial charge < -0.3 is 0 Å². The smallest absolute Gasteiger partial charge is 0.267 e. The molecular formula is C27H21Cl2FN2O. The fourth-order valence-corrected chi connectivity index (χ4v) is 4.90. The van der Waals surface area contributed by atoms with Crippen LogP contribution in [0.4, 0.5) is 4.39 Å². The summed E-state index contributed by atoms with van der Waals surface area (Å²) in [6, 6.07) is 20.6. The van der Waals surface area contributed by atoms with Gasteiger partial charge in [-0.15, -0.1) is 0 Å². The van der Waals surface area contributed by atoms with Gasteiger partial charge in [-0.25, -0.2) is 9.40 Å². The number of carbonyl (C=O) groups is 1. The van der Waals surface area contributed by atoms with Crippen LogP contribution in [0.2, 0.25) is 10.0 Å². The normalized spacial score (nSPS) is 21.1. The van der Waals surface area contributed by atoms with Crippen molar-refractivity contribution in [1.82, 2.24) is 5.01 Å². The Kier molecular flexibility index (Phi) is 6.05. The second-order valence-electron chi connectivity index (χ2n) is 8.36. The van der Waals surface area contributed by atoms with E-state index in [-0.39, 0.29) is 23.7 Å². The maximum Gasteiger partial charge on any atom is 0.274 e. The molecule has 33 heavy (non-hydrogen) atoms. The van der Waals surface area contributed by atoms with Crippen molar-refractivity contribution < 1.29 is 9.18 Å². The van der Waals surface area contributed by atoms with Gasteiger partial charge in [0.1, 0.15) is 5.82 Å². The molecule has 3 nitrogen and oxygen atoms in total. The minimum atomic E-state index is -0.379. The van der Waals surface area contributed by atoms with Gasteiger partial charge in [0, 0.05) is 21.5 Å². The number of allylic oxidation sites excluding steroid dienone is 1. The molecule has 0 aromatic heterocycles. The lowest BCUT2D eigenvalue weighted by Crippen LogP contribution is -2.31. The Bertz CT molecular complexity index is 1230. The van der Waals surface area contributed by atoms with E-state index in [1.807, 2.05) is 48.5 Å². The van der Waals surface area contributed by atoms with Crippen molar-refractivity contribution in [2.45, 2.75) is 25.3 Å². The summed E-state index contributed by atoms with van der Waals surface area (Å²) in [5.41, 5.74) is 4.49. The number of amides is 1. The highest BCUT2D eigenvalue weighted by Gasteiger charge is 2.43. The highest BCUT2D eigenvalue weighted by molar-refractivity contribution is 6.30. The van der Waals surface area contributed by atoms with Crippen LogP contribution in [-0.4, -0.2) is 16.6 Å². The lowest BCUT2D eigenvalue weighted by atomic mass is 9.77. The maximum absolute atomic E-state index is 13.5. The Balaban J connectivity index is 1.57. The van der Waals surface area contributed by atoms with E-state index >= 15 is 0 Å². The molecular weight excluding hydrogens is 458 g/mol. The van der Waals surface area contributed by atoms with E-state index in [0.29, 0.717) is 15.6 Å². The molecule has 166 valence electrons. The highest BCUT2D eigenvalue weighted by Crippen LogP contribution is 2.45. The molecule has 3 aromatic rings. The van der Waals surface area contributed by atoms with Crippen molar-refractivity contribution in [1.29, 1.82) is 0 Å². The van der Waals surface area contributed by atoms with Gasteiger partial charge in [-0.2, -0.15) is 5.10 Å². The molecule has 1 aliphatic heterocycles. The molecule has 1 amide bonds. The number of hydrogen-bond donors (Lipinski definition) is 0. The standard InChI is InChI=1S/C27H21Cl2FN2O/c28-21-10-4-17(5-11-21)16-20-2-1-3-24-25(20)31-32(26(24)18-6-12-22(29)13-7-18)27(33)19-8-14-23(30)15-9-19/h4-16,24,26H,1-3H2/b20-16-. The lowest BCUT2D eigenvalue weighted by Gasteiger charge is -2.29. The van der Waals surface area contributed by atoms with Gasteiger partial charge in [0.25, 0.3) is 5.91 Å². The number of fused-ring (bicyclic) bond motifs is 1. The van der Waals surface area contributed by atoms with Gasteiger partial charge >= 0.3 is 0 Å². The van der Waals surface area contributed by atoms with Crippen LogP contribution < -0.4 is 0 Å². The van der Waals surface area contributed by atoms with Crippen molar-refractivity contribution in [3.63, 3.8) is 0 Å². The number of halogens is 3. The van der Waals surface area contributed by atoms with Crippen LogP contribution in [-0.2, 0) is 0 Å². The lowest BCUT2D eigenvalue weighted by molar-refractivity contribution is 0.0681. The Morgan fingerprint density at radius 3 is 2.24 bits per heavy atom. The van der Waals surface area contributed by atoms with Gasteiger partial charge in [0.15, 0.2) is 0 Å². The van der Waals surface area contributed by atoms with E-state index in [9.17, 15) is 9.18 Å². The predicted molar refractivity (Wildman–Crippen MR) is 131 cm³/mol. The summed E-state index contributed by atoms with van der Waals surface area (Å²) in [6.07, 6.45) is 4.96. The van der Waals surface area contributed by atoms with E-state index in [4.69, 9.17) is 28.3 Å². The number of rotatable bonds is 3. The third kappa shape index (κ3) is 4.46. The first-order chi connectivity index (χ1) is 16.0. The quantitative estimate of drug-likeness (QED) is 0.381. The number of benzene rings is 3. The molecule has 6 heteroatoms. The summed E-state index contributed by atoms with van der Waals surface area (Å²) < 4.78 is 13.5. The van der Waals surface area contributed by atoms with Crippen LogP contribution in [0.1, 0.15) is 46.8 Å². The fraction of sp³-hybridized carbons (Fsp3) is 0.185. The van der Waals surface area contributed by atoms with E-state index in [0.717, 1.165) is 41.7 Å². The molecule has 0 radical (unpaired) electrons. The topological polar surface area (TPSA) is 32.7 Å². The molecule has 2 aliphatic rings. The fourth-order valence-electron chi connectivity index (χ4n) is 4.65. The summed E-state index contributed by atoms with van der Waals surface area (Å²) in [6.45, 7) is 0. The summed E-state index contributed by atoms with van der Waals surface area (Å²) in [5, 5.41) is 7.76. The zero-order valence-electron chi connectivity index (χ0n) is 17.7. The molecule has 0 bridgehead atoms. The first-order valence-corrected chi connectivity index (χ1v) is 11.6. The third-order valence-electron chi connectivity index (χ3n) is 6.22. The molecule has 1 heterocycles. The van der Waals surface area contributed by atoms with Gasteiger partial charge in [0.2, 0.25) is 0 Å². The van der Waals surface area contributed by atoms with Crippen LogP contribution in [0.15, 0.2) is 83.5 Å². The maximum atomic E-state index is 13.5. The van der Waals surface area contributed by atoms with Crippen molar-refractivity contribution in [3.8, 4) is 0 Å². The first-order valence-electron chi connectivity index (χ1n) is 10.9. The second kappa shape index (κ2) is 9.12. The van der Waals surface area contributed by atoms with Crippen LogP contribution in [0.3, 0.4) is 0 Å². The molecule has 1 fully saturated rings. The van der Waals surface area contributed by atoms with Crippen molar-refractivity contribution in [2.24, 2.45) is 11.0 Å². The summed E-state index contributed by atoms with van der Waals surface area (Å²) >= 11 is 12.2. The molecule has 0 spiro atoms. The van der Waals surface area contributed by atoms with Crippen LogP contribution >= 0.6 is 23.2 Å². The molecule has 0 saturated heterocycles. The van der Waals surface area contributed by atoms with Crippen molar-refractivity contribution >= 4 is 40.9 Å². The molecule has 1 aliphatic carbocycles. The highest BCUT2D eigenvalue weighted by atomic mass is 35.5. The average molecular weight is 479 g/mol. The minimum Gasteiger partial charge on any atom is -0.267 e. The molecule has 5 rings (SSSR count). The Labute approximate surface area is 202 Å². The minimum absolute atomic E-state index is 0.0721. The Morgan fingerprint density at radius 2 is 1.58 bits per heavy atom. The molecule has 3 aromatic carbocycles. The second-order valence-corrected chi connectivity index (χ2v) is 9.23. The number of hydrogen-bond acceptors (Lipinski definition) is 2. The van der Waals surface area contributed by atoms with E-state index in [2.05, 4.69) is 6.08 Å². The molecule has 1 saturated carbocycles. The Hall–Kier alpha value is -2.95. The predicted octanol–water partition coefficient (Wildman–Crippen LogP) is 7.57. The van der Waals surface area contributed by atoms with E-state index in [1.165, 1.54) is 24.3 Å². The number of hydrazone groups is 1. The third-order valence-corrected chi connectivity index (χ3v) is 6.73. The SMILES string of the molecule is O=C(c1ccc(F)cc1)N1N=C2/C(=C\c3ccc(Cl)cc3)CCCC2C1c1ccc(Cl)cc1. The monoisotopic (exact) mass is 478 g/mol. The van der Waals surface area contributed by atoms with Gasteiger partial charge in [-0.1, -0.05) is 47.5 Å². The van der Waals surface area contributed by atoms with Crippen molar-refractivity contribution in [2.75, 3.05) is 0 Å². The first kappa shape index (κ1) is 21.9. The number of carbonyl (C=O) groups excluding carboxylic acids is 1. The van der Waals surface area contributed by atoms with Crippen LogP contribution in [0, 0.1) is 11.7 Å². The van der Waals surface area contributed by atoms with Crippen LogP contribution in [0.5, 0.6) is 0 Å². The molecule has 2 unspecified atom stereocenters. The van der Waals surface area contributed by atoms with E-state index in [1.54, 1.807) is 5.01 Å². The van der Waals surface area contributed by atoms with E-state index < -0.39 is 0 Å². The summed E-state index contributed by atoms with van der Waals surface area (Å²) in [7, 11) is 0. The summed E-state index contributed by atoms with van der Waals surface area (Å²) in [5.74, 6) is -0.555. The average Bonchev–Trinajstić information content (AvgIpc) is 3.22. The molecule has 2 atom stereocenters. The van der Waals surface area contributed by atoms with Gasteiger partial charge in [-0.3, -0.25) is 4.79 Å². The zero-order valence-corrected chi connectivity index (χ0v) is 19.2. The largest absolute Gasteiger partial charge is 0.274 e. The van der Waals surface area contributed by atoms with Gasteiger partial charge in [-0.05, 0) is 90.6 Å². The number of nitrogens with zero attached hydrogens (tertiary/aromatic N) is 2. The molecule has 0 N–H and O–H groups in total. The zero-order chi connectivity index (χ0) is 22.9. The summed E-state index contributed by atoms with van der Waals surface area (Å²) in [4.78, 5) is 13.5.